The Kier molecular flexibility index (Phi) is 22.4. The molecule has 10 nitrogen and oxygen atoms in total. The SMILES string of the molecule is CCCCCCCCCCCCC1Nc2cccc(S(=O)(=O)[O-])c2N1.CCCCCCCCCCCCC1Nc2cccc(S(=O)(=O)[O-])c2N1.[Ca+2]. The van der Waals surface area contributed by atoms with Gasteiger partial charge in [0, 0.05) is 0 Å². The average Bonchev–Trinajstić information content (AvgIpc) is 3.69. The predicted molar refractivity (Wildman–Crippen MR) is 210 cm³/mol. The molecule has 0 spiro atoms. The van der Waals surface area contributed by atoms with Crippen LogP contribution in [0, 0.1) is 0 Å². The van der Waals surface area contributed by atoms with Gasteiger partial charge in [-0.2, -0.15) is 0 Å². The van der Waals surface area contributed by atoms with Crippen molar-refractivity contribution in [1.82, 2.24) is 0 Å². The summed E-state index contributed by atoms with van der Waals surface area (Å²) < 4.78 is 67.9. The van der Waals surface area contributed by atoms with Crippen LogP contribution < -0.4 is 21.3 Å². The molecule has 0 bridgehead atoms. The number of rotatable bonds is 24. The fraction of sp³-hybridized carbons (Fsp3) is 0.684. The third kappa shape index (κ3) is 17.2. The van der Waals surface area contributed by atoms with Gasteiger partial charge in [-0.05, 0) is 49.9 Å². The molecule has 2 aromatic rings. The first-order valence-electron chi connectivity index (χ1n) is 19.3. The van der Waals surface area contributed by atoms with Crippen molar-refractivity contribution in [1.29, 1.82) is 0 Å². The minimum absolute atomic E-state index is 0. The molecule has 0 aromatic heterocycles. The van der Waals surface area contributed by atoms with Gasteiger partial charge in [0.25, 0.3) is 0 Å². The Labute approximate surface area is 339 Å². The first kappa shape index (κ1) is 45.9. The summed E-state index contributed by atoms with van der Waals surface area (Å²) >= 11 is 0. The zero-order valence-corrected chi connectivity index (χ0v) is 35.0. The molecule has 0 amide bonds. The second-order valence-electron chi connectivity index (χ2n) is 13.9. The number of fused-ring (bicyclic) bond motifs is 2. The van der Waals surface area contributed by atoms with Crippen LogP contribution >= 0.6 is 0 Å². The number of para-hydroxylation sites is 2. The van der Waals surface area contributed by atoms with Crippen LogP contribution in [0.15, 0.2) is 46.2 Å². The van der Waals surface area contributed by atoms with Crippen molar-refractivity contribution in [2.24, 2.45) is 0 Å². The first-order valence-corrected chi connectivity index (χ1v) is 22.1. The molecule has 2 heterocycles. The summed E-state index contributed by atoms with van der Waals surface area (Å²) in [6, 6.07) is 9.52. The zero-order chi connectivity index (χ0) is 36.2. The molecule has 2 aromatic carbocycles. The van der Waals surface area contributed by atoms with Crippen LogP contribution in [0.5, 0.6) is 0 Å². The summed E-state index contributed by atoms with van der Waals surface area (Å²) in [5.74, 6) is 0. The maximum atomic E-state index is 11.3. The molecule has 0 saturated heterocycles. The summed E-state index contributed by atoms with van der Waals surface area (Å²) in [6.45, 7) is 4.49. The molecule has 4 rings (SSSR count). The Balaban J connectivity index is 0.000000347. The van der Waals surface area contributed by atoms with Gasteiger partial charge in [0.2, 0.25) is 0 Å². The number of unbranched alkanes of at least 4 members (excludes halogenated alkanes) is 18. The molecular formula is C38H62CaN4O6S2. The van der Waals surface area contributed by atoms with Gasteiger partial charge in [0.1, 0.15) is 20.2 Å². The summed E-state index contributed by atoms with van der Waals surface area (Å²) in [5.41, 5.74) is 2.26. The molecule has 0 saturated carbocycles. The third-order valence-electron chi connectivity index (χ3n) is 9.58. The van der Waals surface area contributed by atoms with E-state index in [9.17, 15) is 25.9 Å². The van der Waals surface area contributed by atoms with Crippen LogP contribution in [0.1, 0.15) is 155 Å². The van der Waals surface area contributed by atoms with Crippen molar-refractivity contribution < 1.29 is 25.9 Å². The van der Waals surface area contributed by atoms with Gasteiger partial charge in [-0.3, -0.25) is 0 Å². The Morgan fingerprint density at radius 1 is 0.471 bits per heavy atom. The van der Waals surface area contributed by atoms with E-state index in [1.807, 2.05) is 0 Å². The molecule has 2 aliphatic rings. The normalized spacial score (nSPS) is 16.0. The van der Waals surface area contributed by atoms with Crippen molar-refractivity contribution in [3.63, 3.8) is 0 Å². The smallest absolute Gasteiger partial charge is 0.744 e. The molecule has 0 radical (unpaired) electrons. The Morgan fingerprint density at radius 3 is 1.06 bits per heavy atom. The fourth-order valence-electron chi connectivity index (χ4n) is 6.77. The van der Waals surface area contributed by atoms with Gasteiger partial charge in [-0.15, -0.1) is 0 Å². The van der Waals surface area contributed by atoms with E-state index in [2.05, 4.69) is 35.1 Å². The van der Waals surface area contributed by atoms with E-state index >= 15 is 0 Å². The van der Waals surface area contributed by atoms with E-state index in [-0.39, 0.29) is 59.9 Å². The molecule has 284 valence electrons. The van der Waals surface area contributed by atoms with Crippen LogP contribution in [-0.4, -0.2) is 76.0 Å². The van der Waals surface area contributed by atoms with Crippen LogP contribution in [0.2, 0.25) is 0 Å². The second-order valence-corrected chi connectivity index (χ2v) is 16.6. The molecule has 2 aliphatic heterocycles. The third-order valence-corrected chi connectivity index (χ3v) is 11.3. The number of hydrogen-bond donors (Lipinski definition) is 4. The van der Waals surface area contributed by atoms with Crippen molar-refractivity contribution in [3.05, 3.63) is 36.4 Å². The van der Waals surface area contributed by atoms with E-state index in [4.69, 9.17) is 0 Å². The Morgan fingerprint density at radius 2 is 0.765 bits per heavy atom. The minimum Gasteiger partial charge on any atom is -0.744 e. The summed E-state index contributed by atoms with van der Waals surface area (Å²) in [5, 5.41) is 12.8. The number of hydrogen-bond acceptors (Lipinski definition) is 10. The number of nitrogens with one attached hydrogen (secondary N) is 4. The summed E-state index contributed by atoms with van der Waals surface area (Å²) in [6.07, 6.45) is 27.7. The molecule has 2 atom stereocenters. The van der Waals surface area contributed by atoms with Gasteiger partial charge in [-0.25, -0.2) is 16.8 Å². The largest absolute Gasteiger partial charge is 2.00 e. The van der Waals surface area contributed by atoms with Crippen LogP contribution in [0.4, 0.5) is 22.7 Å². The Bertz CT molecular complexity index is 1380. The van der Waals surface area contributed by atoms with Gasteiger partial charge in [0.05, 0.1) is 44.9 Å². The van der Waals surface area contributed by atoms with E-state index in [1.165, 1.54) is 128 Å². The van der Waals surface area contributed by atoms with Crippen LogP contribution in [0.3, 0.4) is 0 Å². The first-order chi connectivity index (χ1) is 24.0. The molecular weight excluding hydrogens is 713 g/mol. The van der Waals surface area contributed by atoms with E-state index in [0.29, 0.717) is 22.7 Å². The maximum absolute atomic E-state index is 11.3. The topological polar surface area (TPSA) is 163 Å². The molecule has 51 heavy (non-hydrogen) atoms. The van der Waals surface area contributed by atoms with Gasteiger partial charge in [-0.1, -0.05) is 142 Å². The van der Waals surface area contributed by atoms with E-state index in [0.717, 1.165) is 25.7 Å². The quantitative estimate of drug-likeness (QED) is 0.0459. The van der Waals surface area contributed by atoms with E-state index < -0.39 is 20.2 Å². The number of anilines is 4. The van der Waals surface area contributed by atoms with Crippen molar-refractivity contribution in [2.45, 2.75) is 177 Å². The van der Waals surface area contributed by atoms with Gasteiger partial charge in [0.15, 0.2) is 0 Å². The molecule has 4 N–H and O–H groups in total. The maximum Gasteiger partial charge on any atom is 2.00 e. The molecule has 2 unspecified atom stereocenters. The average molecular weight is 775 g/mol. The second kappa shape index (κ2) is 24.9. The fourth-order valence-corrected chi connectivity index (χ4v) is 8.10. The van der Waals surface area contributed by atoms with Crippen LogP contribution in [-0.2, 0) is 20.2 Å². The number of benzene rings is 2. The van der Waals surface area contributed by atoms with Crippen LogP contribution in [0.25, 0.3) is 0 Å². The minimum atomic E-state index is -4.45. The zero-order valence-electron chi connectivity index (χ0n) is 31.1. The standard InChI is InChI=1S/2C19H32N2O3S.Ca/c2*1-2-3-4-5-6-7-8-9-10-11-15-18-20-16-13-12-14-17(19(16)21-18)25(22,23)24;/h2*12-14,18,20-21H,2-11,15H2,1H3,(H,22,23,24);/q;;+2/p-2. The molecule has 0 aliphatic carbocycles. The van der Waals surface area contributed by atoms with Crippen molar-refractivity contribution in [2.75, 3.05) is 21.3 Å². The van der Waals surface area contributed by atoms with Crippen molar-refractivity contribution in [3.8, 4) is 0 Å². The summed E-state index contributed by atoms with van der Waals surface area (Å²) in [4.78, 5) is -0.328. The van der Waals surface area contributed by atoms with Gasteiger partial charge < -0.3 is 30.4 Å². The van der Waals surface area contributed by atoms with Crippen molar-refractivity contribution >= 4 is 80.7 Å². The molecule has 13 heteroatoms. The molecule has 0 fully saturated rings. The van der Waals surface area contributed by atoms with E-state index in [1.54, 1.807) is 24.3 Å². The monoisotopic (exact) mass is 774 g/mol. The predicted octanol–water partition coefficient (Wildman–Crippen LogP) is 9.75. The van der Waals surface area contributed by atoms with Gasteiger partial charge >= 0.3 is 37.7 Å². The summed E-state index contributed by atoms with van der Waals surface area (Å²) in [7, 11) is -8.90. The Hall–Kier alpha value is -1.28.